The lowest BCUT2D eigenvalue weighted by molar-refractivity contribution is 0.102. The van der Waals surface area contributed by atoms with Gasteiger partial charge in [-0.15, -0.1) is 11.3 Å². The number of carbonyl (C=O) groups is 1. The van der Waals surface area contributed by atoms with Gasteiger partial charge in [-0.25, -0.2) is 0 Å². The Morgan fingerprint density at radius 3 is 2.50 bits per heavy atom. The zero-order valence-corrected chi connectivity index (χ0v) is 20.0. The van der Waals surface area contributed by atoms with Crippen LogP contribution in [0, 0.1) is 0 Å². The summed E-state index contributed by atoms with van der Waals surface area (Å²) in [5, 5.41) is 4.83. The van der Waals surface area contributed by atoms with Crippen molar-refractivity contribution in [2.45, 2.75) is 32.0 Å². The monoisotopic (exact) mass is 473 g/mol. The van der Waals surface area contributed by atoms with E-state index in [1.807, 2.05) is 29.6 Å². The Morgan fingerprint density at radius 1 is 1.22 bits per heavy atom. The zero-order chi connectivity index (χ0) is 23.5. The number of benzene rings is 2. The number of rotatable bonds is 8. The van der Waals surface area contributed by atoms with Gasteiger partial charge < -0.3 is 26.2 Å². The molecule has 0 aliphatic carbocycles. The quantitative estimate of drug-likeness (QED) is 0.261. The van der Waals surface area contributed by atoms with Crippen LogP contribution in [0.5, 0.6) is 0 Å². The molecule has 1 aromatic heterocycles. The summed E-state index contributed by atoms with van der Waals surface area (Å²) in [6.07, 6.45) is 0. The molecule has 0 fully saturated rings. The number of hydrogen-bond donors (Lipinski definition) is 4. The van der Waals surface area contributed by atoms with Crippen LogP contribution in [0.2, 0.25) is 0 Å². The van der Waals surface area contributed by atoms with E-state index in [2.05, 4.69) is 5.32 Å². The van der Waals surface area contributed by atoms with Gasteiger partial charge in [-0.3, -0.25) is 9.36 Å². The molecular formula is C23H28N3O4PS. The third-order valence-electron chi connectivity index (χ3n) is 4.87. The maximum absolute atomic E-state index is 12.7. The van der Waals surface area contributed by atoms with Crippen LogP contribution in [0.1, 0.15) is 42.4 Å². The van der Waals surface area contributed by atoms with Gasteiger partial charge in [-0.05, 0) is 67.6 Å². The molecule has 1 amide bonds. The standard InChI is InChI=1S/C23H28N3O4PS/c1-15(31(28,29)30-14-23(2,3)25)16-6-8-17(9-7-16)22(27)26-20-13-18(10-11-19(20)24)21-5-4-12-32-21/h4-13,15H,14,24-25H2,1-3H3,(H,26,27)(H,28,29). The molecule has 6 N–H and O–H groups in total. The molecule has 0 spiro atoms. The Bertz CT molecular complexity index is 1130. The highest BCUT2D eigenvalue weighted by atomic mass is 32.1. The first-order chi connectivity index (χ1) is 15.0. The molecule has 0 saturated heterocycles. The second kappa shape index (κ2) is 9.57. The average molecular weight is 474 g/mol. The smallest absolute Gasteiger partial charge is 0.335 e. The number of hydrogen-bond acceptors (Lipinski definition) is 6. The van der Waals surface area contributed by atoms with Crippen molar-refractivity contribution in [3.63, 3.8) is 0 Å². The lowest BCUT2D eigenvalue weighted by Gasteiger charge is -2.24. The van der Waals surface area contributed by atoms with Crippen LogP contribution in [0.25, 0.3) is 10.4 Å². The lowest BCUT2D eigenvalue weighted by Crippen LogP contribution is -2.37. The number of amides is 1. The molecule has 0 aliphatic heterocycles. The normalized spacial score (nSPS) is 14.5. The van der Waals surface area contributed by atoms with E-state index in [1.54, 1.807) is 62.4 Å². The van der Waals surface area contributed by atoms with E-state index in [9.17, 15) is 14.3 Å². The summed E-state index contributed by atoms with van der Waals surface area (Å²) in [7, 11) is -3.93. The second-order valence-electron chi connectivity index (χ2n) is 8.36. The summed E-state index contributed by atoms with van der Waals surface area (Å²) in [6.45, 7) is 5.00. The predicted molar refractivity (Wildman–Crippen MR) is 131 cm³/mol. The third-order valence-corrected chi connectivity index (χ3v) is 7.57. The number of anilines is 2. The van der Waals surface area contributed by atoms with Gasteiger partial charge in [0.2, 0.25) is 0 Å². The fourth-order valence-electron chi connectivity index (χ4n) is 2.93. The minimum atomic E-state index is -3.93. The highest BCUT2D eigenvalue weighted by Gasteiger charge is 2.31. The van der Waals surface area contributed by atoms with Crippen LogP contribution >= 0.6 is 18.9 Å². The largest absolute Gasteiger partial charge is 0.397 e. The summed E-state index contributed by atoms with van der Waals surface area (Å²) >= 11 is 1.60. The Hall–Kier alpha value is -2.48. The summed E-state index contributed by atoms with van der Waals surface area (Å²) in [5.41, 5.74) is 13.3. The third kappa shape index (κ3) is 6.06. The molecule has 9 heteroatoms. The highest BCUT2D eigenvalue weighted by molar-refractivity contribution is 7.53. The van der Waals surface area contributed by atoms with Crippen LogP contribution in [0.15, 0.2) is 60.0 Å². The molecule has 0 radical (unpaired) electrons. The van der Waals surface area contributed by atoms with Crippen molar-refractivity contribution in [2.24, 2.45) is 5.73 Å². The molecule has 1 heterocycles. The van der Waals surface area contributed by atoms with Gasteiger partial charge in [-0.2, -0.15) is 0 Å². The van der Waals surface area contributed by atoms with Crippen molar-refractivity contribution >= 4 is 36.2 Å². The molecule has 170 valence electrons. The van der Waals surface area contributed by atoms with Crippen LogP contribution in [-0.2, 0) is 9.09 Å². The van der Waals surface area contributed by atoms with Crippen molar-refractivity contribution in [3.05, 3.63) is 71.1 Å². The highest BCUT2D eigenvalue weighted by Crippen LogP contribution is 2.56. The van der Waals surface area contributed by atoms with Gasteiger partial charge >= 0.3 is 7.60 Å². The molecular weight excluding hydrogens is 445 g/mol. The zero-order valence-electron chi connectivity index (χ0n) is 18.2. The number of nitrogens with one attached hydrogen (secondary N) is 1. The molecule has 3 aromatic rings. The lowest BCUT2D eigenvalue weighted by atomic mass is 10.1. The van der Waals surface area contributed by atoms with E-state index in [4.69, 9.17) is 16.0 Å². The molecule has 0 bridgehead atoms. The predicted octanol–water partition coefficient (Wildman–Crippen LogP) is 5.25. The van der Waals surface area contributed by atoms with E-state index in [-0.39, 0.29) is 12.5 Å². The van der Waals surface area contributed by atoms with E-state index < -0.39 is 18.8 Å². The van der Waals surface area contributed by atoms with Gasteiger partial charge in [0.05, 0.1) is 23.6 Å². The van der Waals surface area contributed by atoms with Crippen molar-refractivity contribution in [3.8, 4) is 10.4 Å². The van der Waals surface area contributed by atoms with Crippen molar-refractivity contribution in [2.75, 3.05) is 17.7 Å². The number of nitrogen functional groups attached to an aromatic ring is 1. The number of nitrogens with two attached hydrogens (primary N) is 2. The van der Waals surface area contributed by atoms with E-state index in [0.29, 0.717) is 22.5 Å². The van der Waals surface area contributed by atoms with Gasteiger partial charge in [0.25, 0.3) is 5.91 Å². The molecule has 7 nitrogen and oxygen atoms in total. The van der Waals surface area contributed by atoms with Gasteiger partial charge in [0.1, 0.15) is 0 Å². The summed E-state index contributed by atoms with van der Waals surface area (Å²) in [5.74, 6) is -0.326. The fourth-order valence-corrected chi connectivity index (χ4v) is 4.94. The minimum Gasteiger partial charge on any atom is -0.397 e. The summed E-state index contributed by atoms with van der Waals surface area (Å²) in [6, 6.07) is 16.0. The Morgan fingerprint density at radius 2 is 1.91 bits per heavy atom. The first-order valence-corrected chi connectivity index (χ1v) is 12.6. The Balaban J connectivity index is 1.72. The van der Waals surface area contributed by atoms with Crippen LogP contribution in [0.3, 0.4) is 0 Å². The maximum Gasteiger partial charge on any atom is 0.335 e. The minimum absolute atomic E-state index is 0.0441. The maximum atomic E-state index is 12.7. The first kappa shape index (κ1) is 24.2. The molecule has 0 aliphatic rings. The van der Waals surface area contributed by atoms with E-state index in [1.165, 1.54) is 0 Å². The average Bonchev–Trinajstić information content (AvgIpc) is 3.28. The van der Waals surface area contributed by atoms with E-state index in [0.717, 1.165) is 10.4 Å². The van der Waals surface area contributed by atoms with Crippen molar-refractivity contribution in [1.29, 1.82) is 0 Å². The Labute approximate surface area is 192 Å². The van der Waals surface area contributed by atoms with Crippen molar-refractivity contribution in [1.82, 2.24) is 0 Å². The van der Waals surface area contributed by atoms with Crippen molar-refractivity contribution < 1.29 is 18.8 Å². The number of thiophene rings is 1. The summed E-state index contributed by atoms with van der Waals surface area (Å²) < 4.78 is 17.8. The molecule has 32 heavy (non-hydrogen) atoms. The van der Waals surface area contributed by atoms with Crippen LogP contribution in [0.4, 0.5) is 11.4 Å². The van der Waals surface area contributed by atoms with Gasteiger partial charge in [0.15, 0.2) is 0 Å². The van der Waals surface area contributed by atoms with Gasteiger partial charge in [0, 0.05) is 16.0 Å². The topological polar surface area (TPSA) is 128 Å². The second-order valence-corrected chi connectivity index (χ2v) is 11.5. The van der Waals surface area contributed by atoms with E-state index >= 15 is 0 Å². The fraction of sp³-hybridized carbons (Fsp3) is 0.261. The molecule has 2 aromatic carbocycles. The SMILES string of the molecule is CC(c1ccc(C(=O)Nc2cc(-c3cccs3)ccc2N)cc1)P(=O)(O)OCC(C)(C)N. The first-order valence-electron chi connectivity index (χ1n) is 10.1. The van der Waals surface area contributed by atoms with Crippen LogP contribution in [-0.4, -0.2) is 22.9 Å². The summed E-state index contributed by atoms with van der Waals surface area (Å²) in [4.78, 5) is 24.1. The number of carbonyl (C=O) groups excluding carboxylic acids is 1. The molecule has 2 atom stereocenters. The van der Waals surface area contributed by atoms with Gasteiger partial charge in [-0.1, -0.05) is 24.3 Å². The molecule has 3 rings (SSSR count). The molecule has 2 unspecified atom stereocenters. The van der Waals surface area contributed by atoms with Crippen LogP contribution < -0.4 is 16.8 Å². The molecule has 0 saturated carbocycles. The Kier molecular flexibility index (Phi) is 7.22.